The lowest BCUT2D eigenvalue weighted by Gasteiger charge is -2.03. The maximum Gasteiger partial charge on any atom is 0.227 e. The number of halogens is 1. The van der Waals surface area contributed by atoms with Crippen LogP contribution in [0.15, 0.2) is 73.1 Å². The van der Waals surface area contributed by atoms with Crippen LogP contribution in [-0.4, -0.2) is 12.9 Å². The minimum absolute atomic E-state index is 0.0677. The highest BCUT2D eigenvalue weighted by molar-refractivity contribution is 6.30. The van der Waals surface area contributed by atoms with Crippen molar-refractivity contribution in [3.8, 4) is 5.75 Å². The normalized spacial score (nSPS) is 10.5. The zero-order chi connectivity index (χ0) is 17.6. The van der Waals surface area contributed by atoms with Crippen LogP contribution in [0.5, 0.6) is 5.75 Å². The number of pyridine rings is 1. The minimum atomic E-state index is 0.0677. The fourth-order valence-electron chi connectivity index (χ4n) is 2.58. The Morgan fingerprint density at radius 3 is 2.12 bits per heavy atom. The molecule has 0 aliphatic rings. The molecule has 4 heteroatoms. The van der Waals surface area contributed by atoms with Crippen LogP contribution in [0.2, 0.25) is 5.02 Å². The first-order valence-electron chi connectivity index (χ1n) is 8.04. The summed E-state index contributed by atoms with van der Waals surface area (Å²) in [5.41, 5.74) is 3.07. The molecule has 3 rings (SSSR count). The first kappa shape index (κ1) is 17.2. The largest absolute Gasteiger partial charge is 0.497 e. The van der Waals surface area contributed by atoms with Gasteiger partial charge in [0.25, 0.3) is 0 Å². The van der Waals surface area contributed by atoms with E-state index in [9.17, 15) is 4.79 Å². The van der Waals surface area contributed by atoms with Crippen molar-refractivity contribution in [2.45, 2.75) is 13.0 Å². The summed E-state index contributed by atoms with van der Waals surface area (Å²) >= 11 is 5.91. The van der Waals surface area contributed by atoms with E-state index >= 15 is 0 Å². The Labute approximate surface area is 152 Å². The minimum Gasteiger partial charge on any atom is -0.497 e. The number of rotatable bonds is 6. The van der Waals surface area contributed by atoms with Crippen molar-refractivity contribution < 1.29 is 14.1 Å². The molecule has 3 nitrogen and oxygen atoms in total. The van der Waals surface area contributed by atoms with E-state index in [-0.39, 0.29) is 5.78 Å². The summed E-state index contributed by atoms with van der Waals surface area (Å²) < 4.78 is 7.00. The topological polar surface area (TPSA) is 30.2 Å². The number of methoxy groups -OCH3 is 1. The van der Waals surface area contributed by atoms with Crippen LogP contribution in [0.3, 0.4) is 0 Å². The van der Waals surface area contributed by atoms with Gasteiger partial charge in [-0.3, -0.25) is 4.79 Å². The van der Waals surface area contributed by atoms with Crippen molar-refractivity contribution >= 4 is 17.4 Å². The Bertz CT molecular complexity index is 841. The van der Waals surface area contributed by atoms with E-state index in [4.69, 9.17) is 16.3 Å². The molecular weight excluding hydrogens is 334 g/mol. The second-order valence-electron chi connectivity index (χ2n) is 5.83. The molecule has 0 aliphatic heterocycles. The second kappa shape index (κ2) is 7.95. The number of carbonyl (C=O) groups excluding carboxylic acids is 1. The molecule has 1 aromatic heterocycles. The van der Waals surface area contributed by atoms with Crippen LogP contribution in [-0.2, 0) is 13.0 Å². The highest BCUT2D eigenvalue weighted by Crippen LogP contribution is 2.13. The van der Waals surface area contributed by atoms with Gasteiger partial charge in [0.2, 0.25) is 12.3 Å². The summed E-state index contributed by atoms with van der Waals surface area (Å²) in [5, 5.41) is 0.742. The number of ketones is 1. The van der Waals surface area contributed by atoms with Gasteiger partial charge in [-0.25, -0.2) is 0 Å². The number of benzene rings is 2. The van der Waals surface area contributed by atoms with E-state index in [1.165, 1.54) is 11.1 Å². The quantitative estimate of drug-likeness (QED) is 0.493. The van der Waals surface area contributed by atoms with Crippen LogP contribution in [0.4, 0.5) is 0 Å². The first-order valence-corrected chi connectivity index (χ1v) is 8.41. The smallest absolute Gasteiger partial charge is 0.227 e. The fraction of sp³-hybridized carbons (Fsp3) is 0.143. The molecule has 2 aromatic carbocycles. The van der Waals surface area contributed by atoms with Gasteiger partial charge in [-0.2, -0.15) is 4.57 Å². The lowest BCUT2D eigenvalue weighted by atomic mass is 10.1. The van der Waals surface area contributed by atoms with Crippen LogP contribution in [0.1, 0.15) is 21.5 Å². The Morgan fingerprint density at radius 1 is 0.920 bits per heavy atom. The van der Waals surface area contributed by atoms with E-state index in [0.29, 0.717) is 12.1 Å². The maximum absolute atomic E-state index is 12.3. The summed E-state index contributed by atoms with van der Waals surface area (Å²) in [6.45, 7) is 0.313. The highest BCUT2D eigenvalue weighted by Gasteiger charge is 2.12. The fourth-order valence-corrected chi connectivity index (χ4v) is 2.71. The molecule has 0 N–H and O–H groups in total. The second-order valence-corrected chi connectivity index (χ2v) is 6.27. The zero-order valence-electron chi connectivity index (χ0n) is 14.0. The number of hydrogen-bond acceptors (Lipinski definition) is 2. The van der Waals surface area contributed by atoms with Crippen molar-refractivity contribution in [1.82, 2.24) is 0 Å². The van der Waals surface area contributed by atoms with Gasteiger partial charge in [-0.15, -0.1) is 0 Å². The Balaban J connectivity index is 1.63. The Kier molecular flexibility index (Phi) is 5.46. The molecule has 3 aromatic rings. The third-order valence-electron chi connectivity index (χ3n) is 4.02. The number of nitrogens with zero attached hydrogens (tertiary/aromatic N) is 1. The molecule has 0 amide bonds. The van der Waals surface area contributed by atoms with Crippen molar-refractivity contribution in [3.63, 3.8) is 0 Å². The monoisotopic (exact) mass is 352 g/mol. The standard InChI is InChI=1S/C21H19ClNO2/c1-25-20-8-4-18(5-9-20)21(24)15-23-12-10-17(11-13-23)14-16-2-6-19(22)7-3-16/h2-13H,14-15H2,1H3/q+1. The van der Waals surface area contributed by atoms with Crippen LogP contribution in [0, 0.1) is 0 Å². The molecule has 0 unspecified atom stereocenters. The van der Waals surface area contributed by atoms with Gasteiger partial charge in [-0.05, 0) is 53.9 Å². The zero-order valence-corrected chi connectivity index (χ0v) is 14.7. The number of ether oxygens (including phenoxy) is 1. The molecule has 0 spiro atoms. The third kappa shape index (κ3) is 4.68. The predicted molar refractivity (Wildman–Crippen MR) is 98.2 cm³/mol. The van der Waals surface area contributed by atoms with Crippen LogP contribution in [0.25, 0.3) is 0 Å². The number of Topliss-reactive ketones (excluding diaryl/α,β-unsaturated/α-hetero) is 1. The molecule has 0 aliphatic carbocycles. The van der Waals surface area contributed by atoms with Crippen molar-refractivity contribution in [3.05, 3.63) is 94.8 Å². The average Bonchev–Trinajstić information content (AvgIpc) is 2.65. The van der Waals surface area contributed by atoms with E-state index in [0.717, 1.165) is 17.2 Å². The first-order chi connectivity index (χ1) is 12.1. The molecule has 1 heterocycles. The van der Waals surface area contributed by atoms with Gasteiger partial charge >= 0.3 is 0 Å². The SMILES string of the molecule is COc1ccc(C(=O)C[n+]2ccc(Cc3ccc(Cl)cc3)cc2)cc1. The molecule has 0 bridgehead atoms. The van der Waals surface area contributed by atoms with Gasteiger partial charge in [0.05, 0.1) is 7.11 Å². The summed E-state index contributed by atoms with van der Waals surface area (Å²) in [5.74, 6) is 0.814. The molecule has 126 valence electrons. The van der Waals surface area contributed by atoms with Gasteiger partial charge in [0, 0.05) is 22.7 Å². The molecule has 0 fully saturated rings. The average molecular weight is 353 g/mol. The van der Waals surface area contributed by atoms with Crippen LogP contribution >= 0.6 is 11.6 Å². The molecule has 0 radical (unpaired) electrons. The summed E-state index contributed by atoms with van der Waals surface area (Å²) in [6, 6.07) is 19.1. The van der Waals surface area contributed by atoms with Crippen molar-refractivity contribution in [2.24, 2.45) is 0 Å². The Hall–Kier alpha value is -2.65. The third-order valence-corrected chi connectivity index (χ3v) is 4.27. The van der Waals surface area contributed by atoms with E-state index in [2.05, 4.69) is 0 Å². The van der Waals surface area contributed by atoms with Gasteiger partial charge in [0.1, 0.15) is 5.75 Å². The van der Waals surface area contributed by atoms with E-state index in [1.807, 2.05) is 53.4 Å². The van der Waals surface area contributed by atoms with Gasteiger partial charge in [-0.1, -0.05) is 23.7 Å². The van der Waals surface area contributed by atoms with Crippen LogP contribution < -0.4 is 9.30 Å². The van der Waals surface area contributed by atoms with E-state index in [1.54, 1.807) is 31.4 Å². The number of aromatic nitrogens is 1. The van der Waals surface area contributed by atoms with Gasteiger partial charge < -0.3 is 4.74 Å². The van der Waals surface area contributed by atoms with Crippen molar-refractivity contribution in [2.75, 3.05) is 7.11 Å². The molecule has 25 heavy (non-hydrogen) atoms. The molecule has 0 saturated heterocycles. The molecule has 0 saturated carbocycles. The number of carbonyl (C=O) groups is 1. The van der Waals surface area contributed by atoms with E-state index < -0.39 is 0 Å². The van der Waals surface area contributed by atoms with Crippen molar-refractivity contribution in [1.29, 1.82) is 0 Å². The van der Waals surface area contributed by atoms with Gasteiger partial charge in [0.15, 0.2) is 12.4 Å². The molecular formula is C21H19ClNO2+. The highest BCUT2D eigenvalue weighted by atomic mass is 35.5. The summed E-state index contributed by atoms with van der Waals surface area (Å²) in [7, 11) is 1.61. The summed E-state index contributed by atoms with van der Waals surface area (Å²) in [4.78, 5) is 12.3. The lowest BCUT2D eigenvalue weighted by molar-refractivity contribution is -0.683. The summed E-state index contributed by atoms with van der Waals surface area (Å²) in [6.07, 6.45) is 4.71. The molecule has 0 atom stereocenters. The predicted octanol–water partition coefficient (Wildman–Crippen LogP) is 4.11. The maximum atomic E-state index is 12.3. The lowest BCUT2D eigenvalue weighted by Crippen LogP contribution is -2.37. The Morgan fingerprint density at radius 2 is 1.52 bits per heavy atom. The number of hydrogen-bond donors (Lipinski definition) is 0.